The zero-order valence-corrected chi connectivity index (χ0v) is 18.4. The standard InChI is InChI=1S/C23H45NO4/c1-3-5-6-7-8-9-10-11-12-13-14-15-16-17-20(4-2)28-22(25)19-18-21(24)23(26)27/h20-21H,3-19,24H2,1-2H3,(H,26,27)/t20?,21-/m1/s1. The second kappa shape index (κ2) is 19.2. The molecule has 0 aromatic rings. The number of rotatable bonds is 20. The van der Waals surface area contributed by atoms with E-state index in [2.05, 4.69) is 6.92 Å². The number of hydrogen-bond donors (Lipinski definition) is 2. The van der Waals surface area contributed by atoms with Crippen molar-refractivity contribution in [3.8, 4) is 0 Å². The fourth-order valence-electron chi connectivity index (χ4n) is 3.38. The zero-order chi connectivity index (χ0) is 21.0. The largest absolute Gasteiger partial charge is 0.480 e. The van der Waals surface area contributed by atoms with Gasteiger partial charge in [-0.25, -0.2) is 0 Å². The Hall–Kier alpha value is -1.10. The molecule has 0 fully saturated rings. The first-order valence-electron chi connectivity index (χ1n) is 11.7. The molecule has 0 aliphatic heterocycles. The smallest absolute Gasteiger partial charge is 0.320 e. The molecule has 0 saturated carbocycles. The summed E-state index contributed by atoms with van der Waals surface area (Å²) in [6.07, 6.45) is 19.1. The third-order valence-electron chi connectivity index (χ3n) is 5.36. The van der Waals surface area contributed by atoms with E-state index in [1.54, 1.807) is 0 Å². The van der Waals surface area contributed by atoms with Crippen LogP contribution in [0.4, 0.5) is 0 Å². The maximum atomic E-state index is 11.8. The lowest BCUT2D eigenvalue weighted by atomic mass is 10.0. The Morgan fingerprint density at radius 1 is 0.786 bits per heavy atom. The highest BCUT2D eigenvalue weighted by Gasteiger charge is 2.16. The Kier molecular flexibility index (Phi) is 18.5. The molecule has 0 aromatic carbocycles. The molecule has 0 spiro atoms. The van der Waals surface area contributed by atoms with Gasteiger partial charge in [-0.2, -0.15) is 0 Å². The molecule has 0 aliphatic carbocycles. The summed E-state index contributed by atoms with van der Waals surface area (Å²) in [5, 5.41) is 8.73. The zero-order valence-electron chi connectivity index (χ0n) is 18.4. The Balaban J connectivity index is 3.52. The normalized spacial score (nSPS) is 13.2. The van der Waals surface area contributed by atoms with Gasteiger partial charge in [-0.1, -0.05) is 90.9 Å². The van der Waals surface area contributed by atoms with E-state index < -0.39 is 12.0 Å². The maximum Gasteiger partial charge on any atom is 0.320 e. The van der Waals surface area contributed by atoms with E-state index >= 15 is 0 Å². The van der Waals surface area contributed by atoms with Crippen LogP contribution in [-0.4, -0.2) is 29.2 Å². The summed E-state index contributed by atoms with van der Waals surface area (Å²) in [7, 11) is 0. The fourth-order valence-corrected chi connectivity index (χ4v) is 3.38. The van der Waals surface area contributed by atoms with Crippen LogP contribution in [0.15, 0.2) is 0 Å². The monoisotopic (exact) mass is 399 g/mol. The van der Waals surface area contributed by atoms with Crippen LogP contribution in [0.1, 0.15) is 123 Å². The van der Waals surface area contributed by atoms with Crippen LogP contribution in [0, 0.1) is 0 Å². The highest BCUT2D eigenvalue weighted by Crippen LogP contribution is 2.15. The minimum absolute atomic E-state index is 0.0544. The van der Waals surface area contributed by atoms with E-state index in [0.717, 1.165) is 19.3 Å². The molecule has 0 rings (SSSR count). The molecular weight excluding hydrogens is 354 g/mol. The molecule has 0 saturated heterocycles. The third kappa shape index (κ3) is 17.0. The number of esters is 1. The number of carbonyl (C=O) groups excluding carboxylic acids is 1. The molecular formula is C23H45NO4. The number of carboxylic acids is 1. The van der Waals surface area contributed by atoms with Gasteiger partial charge in [0.25, 0.3) is 0 Å². The molecule has 5 heteroatoms. The quantitative estimate of drug-likeness (QED) is 0.194. The predicted molar refractivity (Wildman–Crippen MR) is 115 cm³/mol. The van der Waals surface area contributed by atoms with Crippen molar-refractivity contribution in [2.45, 2.75) is 135 Å². The van der Waals surface area contributed by atoms with E-state index in [4.69, 9.17) is 15.6 Å². The SMILES string of the molecule is CCCCCCCCCCCCCCCC(CC)OC(=O)CC[C@@H](N)C(=O)O. The van der Waals surface area contributed by atoms with E-state index in [1.807, 2.05) is 6.92 Å². The van der Waals surface area contributed by atoms with Crippen molar-refractivity contribution in [1.82, 2.24) is 0 Å². The average Bonchev–Trinajstić information content (AvgIpc) is 2.68. The summed E-state index contributed by atoms with van der Waals surface area (Å²) >= 11 is 0. The number of hydrogen-bond acceptors (Lipinski definition) is 4. The first kappa shape index (κ1) is 26.9. The Morgan fingerprint density at radius 3 is 1.68 bits per heavy atom. The molecule has 0 bridgehead atoms. The molecule has 0 radical (unpaired) electrons. The van der Waals surface area contributed by atoms with Crippen LogP contribution < -0.4 is 5.73 Å². The van der Waals surface area contributed by atoms with Crippen molar-refractivity contribution in [2.75, 3.05) is 0 Å². The number of unbranched alkanes of at least 4 members (excludes halogenated alkanes) is 12. The maximum absolute atomic E-state index is 11.8. The third-order valence-corrected chi connectivity index (χ3v) is 5.36. The first-order valence-corrected chi connectivity index (χ1v) is 11.7. The van der Waals surface area contributed by atoms with Gasteiger partial charge in [0.15, 0.2) is 0 Å². The minimum atomic E-state index is -1.08. The molecule has 1 unspecified atom stereocenters. The number of ether oxygens (including phenoxy) is 1. The Labute approximate surface area is 172 Å². The van der Waals surface area contributed by atoms with Gasteiger partial charge in [0.2, 0.25) is 0 Å². The highest BCUT2D eigenvalue weighted by atomic mass is 16.5. The molecule has 0 aliphatic rings. The van der Waals surface area contributed by atoms with Gasteiger partial charge in [-0.05, 0) is 25.7 Å². The van der Waals surface area contributed by atoms with Crippen LogP contribution in [0.3, 0.4) is 0 Å². The van der Waals surface area contributed by atoms with Gasteiger partial charge in [-0.15, -0.1) is 0 Å². The summed E-state index contributed by atoms with van der Waals surface area (Å²) in [5.74, 6) is -1.41. The minimum Gasteiger partial charge on any atom is -0.480 e. The van der Waals surface area contributed by atoms with Gasteiger partial charge in [-0.3, -0.25) is 9.59 Å². The molecule has 3 N–H and O–H groups in total. The van der Waals surface area contributed by atoms with Crippen molar-refractivity contribution < 1.29 is 19.4 Å². The van der Waals surface area contributed by atoms with Gasteiger partial charge in [0, 0.05) is 6.42 Å². The summed E-state index contributed by atoms with van der Waals surface area (Å²) in [6.45, 7) is 4.28. The summed E-state index contributed by atoms with van der Waals surface area (Å²) < 4.78 is 5.45. The lowest BCUT2D eigenvalue weighted by molar-refractivity contribution is -0.150. The molecule has 166 valence electrons. The van der Waals surface area contributed by atoms with Crippen molar-refractivity contribution in [1.29, 1.82) is 0 Å². The number of carbonyl (C=O) groups is 2. The fraction of sp³-hybridized carbons (Fsp3) is 0.913. The van der Waals surface area contributed by atoms with Crippen LogP contribution >= 0.6 is 0 Å². The van der Waals surface area contributed by atoms with Crippen LogP contribution in [0.2, 0.25) is 0 Å². The number of aliphatic carboxylic acids is 1. The lowest BCUT2D eigenvalue weighted by Gasteiger charge is -2.16. The average molecular weight is 400 g/mol. The molecule has 0 amide bonds. The van der Waals surface area contributed by atoms with Crippen LogP contribution in [0.25, 0.3) is 0 Å². The van der Waals surface area contributed by atoms with E-state index in [0.29, 0.717) is 0 Å². The first-order chi connectivity index (χ1) is 13.5. The van der Waals surface area contributed by atoms with Gasteiger partial charge in [0.1, 0.15) is 12.1 Å². The van der Waals surface area contributed by atoms with Crippen molar-refractivity contribution in [2.24, 2.45) is 5.73 Å². The second-order valence-electron chi connectivity index (χ2n) is 8.03. The van der Waals surface area contributed by atoms with E-state index in [9.17, 15) is 9.59 Å². The van der Waals surface area contributed by atoms with E-state index in [-0.39, 0.29) is 24.9 Å². The molecule has 0 aromatic heterocycles. The number of carboxylic acid groups (broad SMARTS) is 1. The summed E-state index contributed by atoms with van der Waals surface area (Å²) in [6, 6.07) is -0.992. The van der Waals surface area contributed by atoms with Crippen molar-refractivity contribution in [3.05, 3.63) is 0 Å². The molecule has 5 nitrogen and oxygen atoms in total. The molecule has 28 heavy (non-hydrogen) atoms. The molecule has 2 atom stereocenters. The Bertz CT molecular complexity index is 387. The van der Waals surface area contributed by atoms with Crippen molar-refractivity contribution in [3.63, 3.8) is 0 Å². The van der Waals surface area contributed by atoms with Gasteiger partial charge < -0.3 is 15.6 Å². The van der Waals surface area contributed by atoms with Crippen LogP contribution in [-0.2, 0) is 14.3 Å². The van der Waals surface area contributed by atoms with Gasteiger partial charge in [0.05, 0.1) is 0 Å². The van der Waals surface area contributed by atoms with Gasteiger partial charge >= 0.3 is 11.9 Å². The van der Waals surface area contributed by atoms with Crippen molar-refractivity contribution >= 4 is 11.9 Å². The second-order valence-corrected chi connectivity index (χ2v) is 8.03. The predicted octanol–water partition coefficient (Wildman–Crippen LogP) is 5.98. The van der Waals surface area contributed by atoms with E-state index in [1.165, 1.54) is 77.0 Å². The Morgan fingerprint density at radius 2 is 1.25 bits per heavy atom. The lowest BCUT2D eigenvalue weighted by Crippen LogP contribution is -2.31. The number of nitrogens with two attached hydrogens (primary N) is 1. The molecule has 0 heterocycles. The van der Waals surface area contributed by atoms with Crippen LogP contribution in [0.5, 0.6) is 0 Å². The highest BCUT2D eigenvalue weighted by molar-refractivity contribution is 5.75. The topological polar surface area (TPSA) is 89.6 Å². The summed E-state index contributed by atoms with van der Waals surface area (Å²) in [5.41, 5.74) is 5.41. The summed E-state index contributed by atoms with van der Waals surface area (Å²) in [4.78, 5) is 22.5.